The molecule has 2 aromatic rings. The van der Waals surface area contributed by atoms with E-state index in [4.69, 9.17) is 4.74 Å². The number of amidine groups is 1. The Labute approximate surface area is 279 Å². The molecule has 0 radical (unpaired) electrons. The first-order chi connectivity index (χ1) is 22.5. The number of amides is 2. The van der Waals surface area contributed by atoms with Gasteiger partial charge in [-0.25, -0.2) is 13.7 Å². The van der Waals surface area contributed by atoms with Gasteiger partial charge < -0.3 is 40.3 Å². The fourth-order valence-electron chi connectivity index (χ4n) is 6.28. The molecule has 1 spiro atoms. The Kier molecular flexibility index (Phi) is 8.73. The zero-order chi connectivity index (χ0) is 36.7. The van der Waals surface area contributed by atoms with Crippen LogP contribution in [0.3, 0.4) is 0 Å². The molecule has 0 saturated carbocycles. The number of aliphatic hydroxyl groups is 6. The standard InChI is InChI=1S/C30H31F5N4O9S/c1-5-20(41)38-25(2,42)26(3,43)39(30(46,47)29(38,44)45)24(36-4)17-9-18(28(33,34)35)21(16-7-6-15(31)8-19(16)32)23-22(17)37(14-40)10-27(13-49-23)11-48-12-27/h5-9,14,42-47H,1,10-13H2,2-4H3. The van der Waals surface area contributed by atoms with Crippen LogP contribution in [0.5, 0.6) is 0 Å². The number of rotatable bonds is 4. The van der Waals surface area contributed by atoms with Crippen LogP contribution in [0.4, 0.5) is 27.6 Å². The molecule has 2 saturated heterocycles. The zero-order valence-corrected chi connectivity index (χ0v) is 26.8. The molecule has 19 heteroatoms. The van der Waals surface area contributed by atoms with Crippen LogP contribution >= 0.6 is 11.8 Å². The maximum absolute atomic E-state index is 15.3. The van der Waals surface area contributed by atoms with Crippen molar-refractivity contribution in [2.45, 2.75) is 48.2 Å². The third-order valence-corrected chi connectivity index (χ3v) is 10.4. The molecule has 2 aromatic carbocycles. The number of aliphatic imine (C=N–C) groups is 1. The molecule has 3 aliphatic heterocycles. The molecule has 0 aromatic heterocycles. The molecule has 0 bridgehead atoms. The number of fused-ring (bicyclic) bond motifs is 1. The summed E-state index contributed by atoms with van der Waals surface area (Å²) in [6.07, 6.45) is -4.65. The molecule has 3 aliphatic rings. The maximum Gasteiger partial charge on any atom is 0.417 e. The quantitative estimate of drug-likeness (QED) is 0.0665. The van der Waals surface area contributed by atoms with Crippen LogP contribution < -0.4 is 4.90 Å². The summed E-state index contributed by atoms with van der Waals surface area (Å²) in [6.45, 7) is 4.41. The first-order valence-electron chi connectivity index (χ1n) is 14.3. The van der Waals surface area contributed by atoms with Crippen molar-refractivity contribution in [3.63, 3.8) is 0 Å². The number of nitrogens with zero attached hydrogens (tertiary/aromatic N) is 4. The van der Waals surface area contributed by atoms with E-state index in [1.807, 2.05) is 0 Å². The van der Waals surface area contributed by atoms with Gasteiger partial charge in [-0.1, -0.05) is 6.58 Å². The smallest absolute Gasteiger partial charge is 0.380 e. The van der Waals surface area contributed by atoms with Crippen LogP contribution in [0.1, 0.15) is 25.0 Å². The summed E-state index contributed by atoms with van der Waals surface area (Å²) in [6, 6.07) is 2.23. The van der Waals surface area contributed by atoms with E-state index in [-0.39, 0.29) is 41.7 Å². The molecule has 266 valence electrons. The predicted octanol–water partition coefficient (Wildman–Crippen LogP) is 1.14. The minimum Gasteiger partial charge on any atom is -0.380 e. The SMILES string of the molecule is C=CC(=O)N1C(C)(O)C(C)(O)N(C(=NC)c2cc(C(F)(F)F)c(-c3ccc(F)cc3F)c3c2N(C=O)CC2(COC2)CS3)C(O)(O)C1(O)O. The van der Waals surface area contributed by atoms with Gasteiger partial charge >= 0.3 is 18.0 Å². The lowest BCUT2D eigenvalue weighted by atomic mass is 9.86. The molecular formula is C30H31F5N4O9S. The summed E-state index contributed by atoms with van der Waals surface area (Å²) in [4.78, 5) is 29.4. The lowest BCUT2D eigenvalue weighted by Gasteiger charge is -2.63. The van der Waals surface area contributed by atoms with Gasteiger partial charge in [0.05, 0.1) is 24.5 Å². The summed E-state index contributed by atoms with van der Waals surface area (Å²) in [5.41, 5.74) is -11.6. The third-order valence-electron chi connectivity index (χ3n) is 8.92. The summed E-state index contributed by atoms with van der Waals surface area (Å²) in [5, 5.41) is 67.9. The Bertz CT molecular complexity index is 1730. The van der Waals surface area contributed by atoms with Crippen molar-refractivity contribution in [2.24, 2.45) is 10.4 Å². The van der Waals surface area contributed by atoms with Gasteiger partial charge in [0.2, 0.25) is 6.41 Å². The van der Waals surface area contributed by atoms with Gasteiger partial charge in [-0.3, -0.25) is 19.5 Å². The largest absolute Gasteiger partial charge is 0.417 e. The van der Waals surface area contributed by atoms with Crippen molar-refractivity contribution >= 4 is 35.6 Å². The van der Waals surface area contributed by atoms with Crippen LogP contribution in [-0.2, 0) is 20.5 Å². The molecule has 49 heavy (non-hydrogen) atoms. The topological polar surface area (TPSA) is 187 Å². The normalized spacial score (nSPS) is 26.2. The van der Waals surface area contributed by atoms with Crippen molar-refractivity contribution < 1.29 is 66.9 Å². The summed E-state index contributed by atoms with van der Waals surface area (Å²) >= 11 is 0.757. The number of carbonyl (C=O) groups excluding carboxylic acids is 2. The van der Waals surface area contributed by atoms with Gasteiger partial charge in [0, 0.05) is 52.4 Å². The van der Waals surface area contributed by atoms with Gasteiger partial charge in [0.15, 0.2) is 11.4 Å². The van der Waals surface area contributed by atoms with Gasteiger partial charge in [-0.15, -0.1) is 11.8 Å². The molecule has 2 unspecified atom stereocenters. The minimum absolute atomic E-state index is 0.0224. The molecule has 3 heterocycles. The van der Waals surface area contributed by atoms with E-state index in [1.165, 1.54) is 0 Å². The molecule has 6 N–H and O–H groups in total. The number of anilines is 1. The van der Waals surface area contributed by atoms with Crippen molar-refractivity contribution in [3.8, 4) is 11.1 Å². The highest BCUT2D eigenvalue weighted by atomic mass is 32.2. The average molecular weight is 719 g/mol. The molecule has 2 fully saturated rings. The molecular weight excluding hydrogens is 687 g/mol. The molecule has 2 amide bonds. The maximum atomic E-state index is 15.3. The van der Waals surface area contributed by atoms with Crippen LogP contribution in [0.25, 0.3) is 11.1 Å². The van der Waals surface area contributed by atoms with Gasteiger partial charge in [-0.2, -0.15) is 13.2 Å². The number of alkyl halides is 3. The lowest BCUT2D eigenvalue weighted by Crippen LogP contribution is -2.90. The van der Waals surface area contributed by atoms with Crippen LogP contribution in [0.15, 0.2) is 46.8 Å². The van der Waals surface area contributed by atoms with Gasteiger partial charge in [0.25, 0.3) is 5.91 Å². The molecule has 5 rings (SSSR count). The van der Waals surface area contributed by atoms with Crippen LogP contribution in [0, 0.1) is 17.0 Å². The highest BCUT2D eigenvalue weighted by molar-refractivity contribution is 7.99. The van der Waals surface area contributed by atoms with Gasteiger partial charge in [0.1, 0.15) is 17.5 Å². The lowest BCUT2D eigenvalue weighted by molar-refractivity contribution is -0.522. The molecule has 13 nitrogen and oxygen atoms in total. The van der Waals surface area contributed by atoms with E-state index in [0.717, 1.165) is 35.8 Å². The van der Waals surface area contributed by atoms with Gasteiger partial charge in [-0.05, 0) is 38.1 Å². The number of hydrogen-bond acceptors (Lipinski definition) is 11. The number of thioether (sulfide) groups is 1. The Hall–Kier alpha value is -3.69. The second kappa shape index (κ2) is 11.7. The summed E-state index contributed by atoms with van der Waals surface area (Å²) in [5.74, 6) is -13.6. The Morgan fingerprint density at radius 2 is 1.61 bits per heavy atom. The van der Waals surface area contributed by atoms with E-state index in [9.17, 15) is 44.6 Å². The van der Waals surface area contributed by atoms with E-state index in [1.54, 1.807) is 0 Å². The molecule has 0 aliphatic carbocycles. The summed E-state index contributed by atoms with van der Waals surface area (Å²) < 4.78 is 79.8. The van der Waals surface area contributed by atoms with Crippen molar-refractivity contribution in [2.75, 3.05) is 37.5 Å². The van der Waals surface area contributed by atoms with Crippen LogP contribution in [0.2, 0.25) is 0 Å². The zero-order valence-electron chi connectivity index (χ0n) is 26.0. The average Bonchev–Trinajstić information content (AvgIpc) is 3.15. The fraction of sp³-hybridized carbons (Fsp3) is 0.433. The predicted molar refractivity (Wildman–Crippen MR) is 161 cm³/mol. The Morgan fingerprint density at radius 3 is 2.10 bits per heavy atom. The Balaban J connectivity index is 1.91. The number of piperazine rings is 1. The second-order valence-corrected chi connectivity index (χ2v) is 13.2. The van der Waals surface area contributed by atoms with Crippen molar-refractivity contribution in [1.82, 2.24) is 9.80 Å². The first-order valence-corrected chi connectivity index (χ1v) is 15.3. The van der Waals surface area contributed by atoms with Crippen LogP contribution in [-0.4, -0.2) is 114 Å². The van der Waals surface area contributed by atoms with Crippen molar-refractivity contribution in [1.29, 1.82) is 0 Å². The monoisotopic (exact) mass is 718 g/mol. The van der Waals surface area contributed by atoms with E-state index in [2.05, 4.69) is 11.6 Å². The highest BCUT2D eigenvalue weighted by Gasteiger charge is 2.75. The van der Waals surface area contributed by atoms with Crippen molar-refractivity contribution in [3.05, 3.63) is 59.7 Å². The third kappa shape index (κ3) is 5.30. The number of halogens is 5. The summed E-state index contributed by atoms with van der Waals surface area (Å²) in [7, 11) is 0.900. The highest BCUT2D eigenvalue weighted by Crippen LogP contribution is 2.54. The second-order valence-electron chi connectivity index (χ2n) is 12.2. The number of hydrogen-bond donors (Lipinski definition) is 6. The minimum atomic E-state index is -5.33. The van der Waals surface area contributed by atoms with E-state index in [0.29, 0.717) is 32.1 Å². The fourth-order valence-corrected chi connectivity index (χ4v) is 7.72. The number of carbonyl (C=O) groups is 2. The first kappa shape index (κ1) is 36.6. The van der Waals surface area contributed by atoms with E-state index < -0.39 is 91.1 Å². The number of benzene rings is 2. The number of ether oxygens (including phenoxy) is 1. The van der Waals surface area contributed by atoms with E-state index >= 15 is 17.6 Å². The Morgan fingerprint density at radius 1 is 1.02 bits per heavy atom. The molecule has 2 atom stereocenters.